The summed E-state index contributed by atoms with van der Waals surface area (Å²) in [5.74, 6) is -0.595. The first-order chi connectivity index (χ1) is 10.0. The largest absolute Gasteiger partial charge is 0.147 e. The summed E-state index contributed by atoms with van der Waals surface area (Å²) in [6.07, 6.45) is 12.3. The number of hydrogen-bond acceptors (Lipinski definition) is 0. The molecule has 2 rings (SSSR count). The SMILES string of the molecule is C[SiH](C)[Hf]([C]1=C(C(C)(C)C)C=CC1)[C]1=C(C(C)(C)C)C=CC1.Cl.Cl. The van der Waals surface area contributed by atoms with Gasteiger partial charge < -0.3 is 0 Å². The van der Waals surface area contributed by atoms with Gasteiger partial charge in [0, 0.05) is 0 Å². The Kier molecular flexibility index (Phi) is 9.25. The van der Waals surface area contributed by atoms with Crippen molar-refractivity contribution in [3.05, 3.63) is 42.1 Å². The third kappa shape index (κ3) is 5.31. The summed E-state index contributed by atoms with van der Waals surface area (Å²) in [5.41, 5.74) is 4.03. The van der Waals surface area contributed by atoms with E-state index in [2.05, 4.69) is 78.9 Å². The Morgan fingerprint density at radius 1 is 0.750 bits per heavy atom. The maximum atomic E-state index is 2.62. The third-order valence-corrected chi connectivity index (χ3v) is 32.1. The maximum absolute atomic E-state index is 2.62. The summed E-state index contributed by atoms with van der Waals surface area (Å²) >= 11 is -1.85. The Morgan fingerprint density at radius 2 is 1.08 bits per heavy atom. The second kappa shape index (κ2) is 9.02. The molecule has 4 heteroatoms. The van der Waals surface area contributed by atoms with Gasteiger partial charge in [-0.25, -0.2) is 0 Å². The van der Waals surface area contributed by atoms with Gasteiger partial charge in [-0.1, -0.05) is 0 Å². The molecule has 137 valence electrons. The number of rotatable bonds is 3. The zero-order valence-corrected chi connectivity index (χ0v) is 23.0. The molecule has 0 radical (unpaired) electrons. The van der Waals surface area contributed by atoms with Crippen molar-refractivity contribution in [1.82, 2.24) is 0 Å². The van der Waals surface area contributed by atoms with Gasteiger partial charge in [-0.3, -0.25) is 0 Å². The Balaban J connectivity index is 0.00000264. The van der Waals surface area contributed by atoms with Crippen LogP contribution in [0.1, 0.15) is 54.4 Å². The van der Waals surface area contributed by atoms with Crippen molar-refractivity contribution in [2.45, 2.75) is 67.5 Å². The molecule has 2 aliphatic carbocycles. The van der Waals surface area contributed by atoms with E-state index < -0.39 is 26.6 Å². The van der Waals surface area contributed by atoms with Crippen LogP contribution in [0.15, 0.2) is 42.1 Å². The molecule has 0 unspecified atom stereocenters. The summed E-state index contributed by atoms with van der Waals surface area (Å²) in [6.45, 7) is 19.6. The summed E-state index contributed by atoms with van der Waals surface area (Å²) < 4.78 is 3.89. The van der Waals surface area contributed by atoms with Crippen molar-refractivity contribution >= 4 is 30.8 Å². The normalized spacial score (nSPS) is 17.5. The van der Waals surface area contributed by atoms with E-state index in [1.807, 2.05) is 6.66 Å². The zero-order chi connectivity index (χ0) is 16.7. The van der Waals surface area contributed by atoms with Crippen molar-refractivity contribution in [3.63, 3.8) is 0 Å². The minimum Gasteiger partial charge on any atom is -0.147 e. The molecule has 0 aromatic carbocycles. The Labute approximate surface area is 170 Å². The number of halogens is 2. The first kappa shape index (κ1) is 24.6. The van der Waals surface area contributed by atoms with Crippen LogP contribution < -0.4 is 0 Å². The number of allylic oxidation sites excluding steroid dienone is 8. The standard InChI is InChI=1S/2C9H13.C2H7Si.2ClH.Hf/c2*1-9(2,3)8-6-4-5-7-8;1-3-2;;;/h2*4,6H,5H2,1-3H3;3H,1-2H3;2*1H;. The molecule has 0 nitrogen and oxygen atoms in total. The summed E-state index contributed by atoms with van der Waals surface area (Å²) in [4.78, 5) is 0. The Bertz CT molecular complexity index is 521. The van der Waals surface area contributed by atoms with E-state index >= 15 is 0 Å². The number of hydrogen-bond donors (Lipinski definition) is 0. The molecule has 0 aromatic rings. The van der Waals surface area contributed by atoms with Crippen molar-refractivity contribution in [3.8, 4) is 0 Å². The molecule has 24 heavy (non-hydrogen) atoms. The topological polar surface area (TPSA) is 0 Å². The predicted molar refractivity (Wildman–Crippen MR) is 114 cm³/mol. The second-order valence-corrected chi connectivity index (χ2v) is 35.9. The molecule has 2 aliphatic rings. The average Bonchev–Trinajstić information content (AvgIpc) is 2.95. The van der Waals surface area contributed by atoms with Crippen LogP contribution in [0.4, 0.5) is 0 Å². The molecule has 0 N–H and O–H groups in total. The molecule has 0 atom stereocenters. The first-order valence-electron chi connectivity index (χ1n) is 8.71. The fraction of sp³-hybridized carbons (Fsp3) is 0.600. The van der Waals surface area contributed by atoms with E-state index in [1.54, 1.807) is 11.1 Å². The summed E-state index contributed by atoms with van der Waals surface area (Å²) in [7, 11) is 0. The molecule has 0 aromatic heterocycles. The van der Waals surface area contributed by atoms with E-state index in [4.69, 9.17) is 0 Å². The monoisotopic (exact) mass is 553 g/mol. The molecule has 0 aliphatic heterocycles. The van der Waals surface area contributed by atoms with E-state index in [-0.39, 0.29) is 24.8 Å². The van der Waals surface area contributed by atoms with Gasteiger partial charge in [0.25, 0.3) is 0 Å². The van der Waals surface area contributed by atoms with Crippen LogP contribution in [0.2, 0.25) is 13.1 Å². The molecule has 0 spiro atoms. The molecule has 0 bridgehead atoms. The predicted octanol–water partition coefficient (Wildman–Crippen LogP) is 6.95. The minimum absolute atomic E-state index is 0. The Hall–Kier alpha value is 0.627. The maximum Gasteiger partial charge on any atom is -0.147 e. The van der Waals surface area contributed by atoms with Gasteiger partial charge in [-0.2, -0.15) is 0 Å². The van der Waals surface area contributed by atoms with Gasteiger partial charge in [0.15, 0.2) is 0 Å². The minimum atomic E-state index is -1.85. The molecular formula is C20H35Cl2HfSi. The summed E-state index contributed by atoms with van der Waals surface area (Å²) in [6, 6.07) is 0. The van der Waals surface area contributed by atoms with Crippen molar-refractivity contribution < 1.29 is 20.6 Å². The quantitative estimate of drug-likeness (QED) is 0.332. The first-order valence-corrected chi connectivity index (χ1v) is 21.4. The van der Waals surface area contributed by atoms with Crippen LogP contribution in [-0.4, -0.2) is 5.98 Å². The van der Waals surface area contributed by atoms with E-state index in [0.29, 0.717) is 10.8 Å². The molecule has 0 saturated heterocycles. The Morgan fingerprint density at radius 3 is 1.33 bits per heavy atom. The van der Waals surface area contributed by atoms with E-state index in [0.717, 1.165) is 0 Å². The smallest absolute Gasteiger partial charge is 0.147 e. The fourth-order valence-corrected chi connectivity index (χ4v) is 33.8. The third-order valence-electron chi connectivity index (χ3n) is 4.71. The van der Waals surface area contributed by atoms with Crippen LogP contribution in [0.3, 0.4) is 0 Å². The zero-order valence-electron chi connectivity index (χ0n) is 16.6. The molecular weight excluding hydrogens is 518 g/mol. The van der Waals surface area contributed by atoms with Crippen molar-refractivity contribution in [2.75, 3.05) is 0 Å². The van der Waals surface area contributed by atoms with Crippen LogP contribution >= 0.6 is 24.8 Å². The van der Waals surface area contributed by atoms with Gasteiger partial charge in [0.1, 0.15) is 0 Å². The van der Waals surface area contributed by atoms with Crippen molar-refractivity contribution in [2.24, 2.45) is 10.8 Å². The van der Waals surface area contributed by atoms with Gasteiger partial charge in [-0.15, -0.1) is 24.8 Å². The van der Waals surface area contributed by atoms with Gasteiger partial charge in [0.2, 0.25) is 0 Å². The van der Waals surface area contributed by atoms with Crippen LogP contribution in [0.5, 0.6) is 0 Å². The second-order valence-electron chi connectivity index (χ2n) is 9.07. The molecule has 0 amide bonds. The van der Waals surface area contributed by atoms with Crippen LogP contribution in [-0.2, 0) is 20.6 Å². The van der Waals surface area contributed by atoms with E-state index in [9.17, 15) is 0 Å². The van der Waals surface area contributed by atoms with Gasteiger partial charge in [-0.05, 0) is 0 Å². The molecule has 0 fully saturated rings. The van der Waals surface area contributed by atoms with Crippen LogP contribution in [0, 0.1) is 10.8 Å². The fourth-order valence-electron chi connectivity index (χ4n) is 3.80. The van der Waals surface area contributed by atoms with Gasteiger partial charge >= 0.3 is 147 Å². The molecule has 0 saturated carbocycles. The molecule has 0 heterocycles. The van der Waals surface area contributed by atoms with E-state index in [1.165, 1.54) is 12.8 Å². The van der Waals surface area contributed by atoms with Gasteiger partial charge in [0.05, 0.1) is 0 Å². The van der Waals surface area contributed by atoms with Crippen LogP contribution in [0.25, 0.3) is 0 Å². The summed E-state index contributed by atoms with van der Waals surface area (Å²) in [5, 5.41) is 0. The average molecular weight is 553 g/mol. The van der Waals surface area contributed by atoms with Crippen molar-refractivity contribution in [1.29, 1.82) is 0 Å².